The predicted molar refractivity (Wildman–Crippen MR) is 120 cm³/mol. The SMILES string of the molecule is CC(C)Oc1cncc(-c2ccc3[nH]cc(-c4cccc(N5CCCC5=O)n4)c3c2)n1. The maximum atomic E-state index is 12.1. The van der Waals surface area contributed by atoms with Crippen LogP contribution in [-0.2, 0) is 4.79 Å². The van der Waals surface area contributed by atoms with Gasteiger partial charge >= 0.3 is 0 Å². The van der Waals surface area contributed by atoms with Gasteiger partial charge in [-0.25, -0.2) is 9.97 Å². The second-order valence-electron chi connectivity index (χ2n) is 7.90. The molecule has 0 aliphatic carbocycles. The maximum Gasteiger partial charge on any atom is 0.233 e. The third-order valence-corrected chi connectivity index (χ3v) is 5.31. The van der Waals surface area contributed by atoms with Gasteiger partial charge in [-0.1, -0.05) is 12.1 Å². The highest BCUT2D eigenvalue weighted by molar-refractivity contribution is 5.98. The van der Waals surface area contributed by atoms with Crippen molar-refractivity contribution in [1.29, 1.82) is 0 Å². The van der Waals surface area contributed by atoms with Crippen molar-refractivity contribution in [1.82, 2.24) is 19.9 Å². The Morgan fingerprint density at radius 3 is 2.81 bits per heavy atom. The molecule has 1 amide bonds. The molecule has 1 aliphatic rings. The number of hydrogen-bond acceptors (Lipinski definition) is 5. The largest absolute Gasteiger partial charge is 0.474 e. The predicted octanol–water partition coefficient (Wildman–Crippen LogP) is 4.60. The first kappa shape index (κ1) is 19.2. The fourth-order valence-electron chi connectivity index (χ4n) is 3.89. The summed E-state index contributed by atoms with van der Waals surface area (Å²) >= 11 is 0. The lowest BCUT2D eigenvalue weighted by Crippen LogP contribution is -2.24. The minimum absolute atomic E-state index is 0.0316. The van der Waals surface area contributed by atoms with E-state index in [1.165, 1.54) is 0 Å². The van der Waals surface area contributed by atoms with E-state index in [1.807, 2.05) is 50.4 Å². The summed E-state index contributed by atoms with van der Waals surface area (Å²) < 4.78 is 5.69. The second-order valence-corrected chi connectivity index (χ2v) is 7.90. The molecule has 5 rings (SSSR count). The first-order chi connectivity index (χ1) is 15.1. The van der Waals surface area contributed by atoms with Crippen LogP contribution in [0.4, 0.5) is 5.82 Å². The molecule has 0 radical (unpaired) electrons. The lowest BCUT2D eigenvalue weighted by Gasteiger charge is -2.15. The first-order valence-corrected chi connectivity index (χ1v) is 10.5. The highest BCUT2D eigenvalue weighted by Gasteiger charge is 2.23. The average molecular weight is 413 g/mol. The van der Waals surface area contributed by atoms with E-state index in [9.17, 15) is 4.79 Å². The van der Waals surface area contributed by atoms with Crippen LogP contribution in [0.1, 0.15) is 26.7 Å². The molecule has 3 aromatic heterocycles. The molecule has 0 atom stereocenters. The van der Waals surface area contributed by atoms with Crippen molar-refractivity contribution in [2.45, 2.75) is 32.8 Å². The Bertz CT molecular complexity index is 1260. The molecule has 4 aromatic rings. The van der Waals surface area contributed by atoms with Crippen molar-refractivity contribution in [2.75, 3.05) is 11.4 Å². The molecule has 0 spiro atoms. The fraction of sp³-hybridized carbons (Fsp3) is 0.250. The Kier molecular flexibility index (Phi) is 4.86. The van der Waals surface area contributed by atoms with E-state index in [2.05, 4.69) is 21.0 Å². The Morgan fingerprint density at radius 1 is 1.10 bits per heavy atom. The molecule has 0 bridgehead atoms. The topological polar surface area (TPSA) is 84.0 Å². The molecule has 156 valence electrons. The van der Waals surface area contributed by atoms with Gasteiger partial charge in [-0.2, -0.15) is 0 Å². The molecule has 4 heterocycles. The standard InChI is InChI=1S/C24H23N5O2/c1-15(2)31-23-14-25-13-21(28-23)16-8-9-19-17(11-16)18(12-26-19)20-5-3-6-22(27-20)29-10-4-7-24(29)30/h3,5-6,8-9,11-15,26H,4,7,10H2,1-2H3. The summed E-state index contributed by atoms with van der Waals surface area (Å²) in [6.07, 6.45) is 6.81. The Labute approximate surface area is 180 Å². The van der Waals surface area contributed by atoms with Gasteiger partial charge < -0.3 is 9.72 Å². The summed E-state index contributed by atoms with van der Waals surface area (Å²) in [5, 5.41) is 1.03. The lowest BCUT2D eigenvalue weighted by atomic mass is 10.1. The van der Waals surface area contributed by atoms with Crippen molar-refractivity contribution in [2.24, 2.45) is 0 Å². The van der Waals surface area contributed by atoms with Crippen LogP contribution in [-0.4, -0.2) is 38.5 Å². The van der Waals surface area contributed by atoms with Crippen LogP contribution in [0.15, 0.2) is 55.0 Å². The summed E-state index contributed by atoms with van der Waals surface area (Å²) in [6.45, 7) is 4.65. The third-order valence-electron chi connectivity index (χ3n) is 5.31. The first-order valence-electron chi connectivity index (χ1n) is 10.5. The number of pyridine rings is 1. The van der Waals surface area contributed by atoms with E-state index in [0.29, 0.717) is 18.1 Å². The minimum Gasteiger partial charge on any atom is -0.474 e. The van der Waals surface area contributed by atoms with Gasteiger partial charge in [0.05, 0.1) is 29.9 Å². The number of carbonyl (C=O) groups is 1. The Hall–Kier alpha value is -3.74. The molecular weight excluding hydrogens is 390 g/mol. The number of benzene rings is 1. The fourth-order valence-corrected chi connectivity index (χ4v) is 3.89. The number of nitrogens with one attached hydrogen (secondary N) is 1. The number of nitrogens with zero attached hydrogens (tertiary/aromatic N) is 4. The molecule has 1 aromatic carbocycles. The number of ether oxygens (including phenoxy) is 1. The van der Waals surface area contributed by atoms with Crippen LogP contribution in [0.3, 0.4) is 0 Å². The van der Waals surface area contributed by atoms with Crippen molar-refractivity contribution < 1.29 is 9.53 Å². The Balaban J connectivity index is 1.54. The van der Waals surface area contributed by atoms with Gasteiger partial charge in [-0.05, 0) is 44.5 Å². The van der Waals surface area contributed by atoms with E-state index >= 15 is 0 Å². The smallest absolute Gasteiger partial charge is 0.233 e. The van der Waals surface area contributed by atoms with E-state index in [4.69, 9.17) is 9.72 Å². The maximum absolute atomic E-state index is 12.1. The highest BCUT2D eigenvalue weighted by Crippen LogP contribution is 2.32. The van der Waals surface area contributed by atoms with Gasteiger partial charge in [0.15, 0.2) is 0 Å². The molecule has 7 heteroatoms. The molecule has 1 aliphatic heterocycles. The molecule has 0 unspecified atom stereocenters. The number of amides is 1. The zero-order valence-electron chi connectivity index (χ0n) is 17.5. The zero-order valence-corrected chi connectivity index (χ0v) is 17.5. The molecule has 7 nitrogen and oxygen atoms in total. The Morgan fingerprint density at radius 2 is 2.00 bits per heavy atom. The summed E-state index contributed by atoms with van der Waals surface area (Å²) in [4.78, 5) is 30.9. The van der Waals surface area contributed by atoms with Gasteiger partial charge in [-0.3, -0.25) is 14.7 Å². The summed E-state index contributed by atoms with van der Waals surface area (Å²) in [6, 6.07) is 11.9. The number of aromatic nitrogens is 4. The van der Waals surface area contributed by atoms with Crippen molar-refractivity contribution in [3.8, 4) is 28.4 Å². The van der Waals surface area contributed by atoms with Gasteiger partial charge in [0.25, 0.3) is 0 Å². The normalized spacial score (nSPS) is 14.0. The van der Waals surface area contributed by atoms with Crippen LogP contribution < -0.4 is 9.64 Å². The van der Waals surface area contributed by atoms with Crippen molar-refractivity contribution in [3.63, 3.8) is 0 Å². The number of H-pyrrole nitrogens is 1. The number of carbonyl (C=O) groups excluding carboxylic acids is 1. The average Bonchev–Trinajstić information content (AvgIpc) is 3.39. The van der Waals surface area contributed by atoms with Gasteiger partial charge in [-0.15, -0.1) is 0 Å². The quantitative estimate of drug-likeness (QED) is 0.517. The van der Waals surface area contributed by atoms with E-state index in [-0.39, 0.29) is 12.0 Å². The monoisotopic (exact) mass is 413 g/mol. The van der Waals surface area contributed by atoms with E-state index < -0.39 is 0 Å². The number of aromatic amines is 1. The van der Waals surface area contributed by atoms with E-state index in [0.717, 1.165) is 46.4 Å². The lowest BCUT2D eigenvalue weighted by molar-refractivity contribution is -0.117. The van der Waals surface area contributed by atoms with Crippen LogP contribution in [0.25, 0.3) is 33.4 Å². The molecule has 1 N–H and O–H groups in total. The third kappa shape index (κ3) is 3.74. The van der Waals surface area contributed by atoms with E-state index in [1.54, 1.807) is 17.3 Å². The number of rotatable bonds is 5. The summed E-state index contributed by atoms with van der Waals surface area (Å²) in [5.74, 6) is 1.34. The second kappa shape index (κ2) is 7.83. The van der Waals surface area contributed by atoms with Gasteiger partial charge in [0.2, 0.25) is 11.8 Å². The summed E-state index contributed by atoms with van der Waals surface area (Å²) in [7, 11) is 0. The van der Waals surface area contributed by atoms with Crippen molar-refractivity contribution >= 4 is 22.6 Å². The minimum atomic E-state index is 0.0316. The number of hydrogen-bond donors (Lipinski definition) is 1. The van der Waals surface area contributed by atoms with Crippen LogP contribution in [0, 0.1) is 0 Å². The van der Waals surface area contributed by atoms with Crippen LogP contribution >= 0.6 is 0 Å². The number of fused-ring (bicyclic) bond motifs is 1. The van der Waals surface area contributed by atoms with Gasteiger partial charge in [0, 0.05) is 41.2 Å². The van der Waals surface area contributed by atoms with Crippen LogP contribution in [0.2, 0.25) is 0 Å². The van der Waals surface area contributed by atoms with Gasteiger partial charge in [0.1, 0.15) is 5.82 Å². The highest BCUT2D eigenvalue weighted by atomic mass is 16.5. The zero-order chi connectivity index (χ0) is 21.4. The molecular formula is C24H23N5O2. The summed E-state index contributed by atoms with van der Waals surface area (Å²) in [5.41, 5.74) is 4.50. The molecule has 1 saturated heterocycles. The number of anilines is 1. The molecule has 1 fully saturated rings. The molecule has 31 heavy (non-hydrogen) atoms. The molecule has 0 saturated carbocycles. The van der Waals surface area contributed by atoms with Crippen molar-refractivity contribution in [3.05, 3.63) is 55.0 Å². The van der Waals surface area contributed by atoms with Crippen LogP contribution in [0.5, 0.6) is 5.88 Å².